The van der Waals surface area contributed by atoms with Crippen molar-refractivity contribution in [2.24, 2.45) is 0 Å². The molecule has 0 aliphatic carbocycles. The minimum Gasteiger partial charge on any atom is -0.193 e. The van der Waals surface area contributed by atoms with Crippen molar-refractivity contribution in [3.63, 3.8) is 0 Å². The Bertz CT molecular complexity index is 26.3. The molecule has 0 spiro atoms. The first-order valence-electron chi connectivity index (χ1n) is 1.05. The maximum atomic E-state index is 7.74. The zero-order valence-electron chi connectivity index (χ0n) is 3.29. The molecule has 0 radical (unpaired) electrons. The Labute approximate surface area is 55.7 Å². The molecule has 5 heteroatoms. The van der Waals surface area contributed by atoms with Gasteiger partial charge in [0.15, 0.2) is 0 Å². The Hall–Kier alpha value is 1.19. The summed E-state index contributed by atoms with van der Waals surface area (Å²) in [7, 11) is -3.39. The van der Waals surface area contributed by atoms with Gasteiger partial charge in [0.05, 0.1) is 0 Å². The molecule has 3 nitrogen and oxygen atoms in total. The summed E-state index contributed by atoms with van der Waals surface area (Å²) in [6.07, 6.45) is 0. The van der Waals surface area contributed by atoms with Crippen LogP contribution in [-0.4, -0.2) is 21.3 Å². The van der Waals surface area contributed by atoms with Crippen LogP contribution in [0.4, 0.5) is 0 Å². The van der Waals surface area contributed by atoms with Gasteiger partial charge < -0.3 is 0 Å². The van der Waals surface area contributed by atoms with Gasteiger partial charge in [0.2, 0.25) is 0 Å². The average Bonchev–Trinajstić information content (AvgIpc) is 0.722. The molecule has 0 amide bonds. The van der Waals surface area contributed by atoms with Gasteiger partial charge in [0, 0.05) is 26.2 Å². The molecule has 0 saturated carbocycles. The van der Waals surface area contributed by atoms with E-state index in [2.05, 4.69) is 0 Å². The molecule has 0 aliphatic heterocycles. The van der Waals surface area contributed by atoms with Crippen molar-refractivity contribution in [2.45, 2.75) is 0 Å². The average molecular weight is 188 g/mol. The first kappa shape index (κ1) is 10.2. The van der Waals surface area contributed by atoms with E-state index in [1.165, 1.54) is 0 Å². The van der Waals surface area contributed by atoms with Gasteiger partial charge in [-0.05, 0) is 0 Å². The van der Waals surface area contributed by atoms with Crippen LogP contribution in [0, 0.1) is 0 Å². The summed E-state index contributed by atoms with van der Waals surface area (Å²) in [5.41, 5.74) is 0. The second-order valence-electron chi connectivity index (χ2n) is 0.868. The summed E-state index contributed by atoms with van der Waals surface area (Å²) in [6, 6.07) is 0. The van der Waals surface area contributed by atoms with Crippen molar-refractivity contribution in [3.05, 3.63) is 0 Å². The zero-order valence-corrected chi connectivity index (χ0v) is 6.64. The molecule has 0 aromatic carbocycles. The normalized spacial score (nSPS) is 10.0. The Balaban J connectivity index is 0. The van der Waals surface area contributed by atoms with Gasteiger partial charge in [-0.1, -0.05) is 0 Å². The van der Waals surface area contributed by atoms with E-state index < -0.39 is 7.94 Å². The summed E-state index contributed by atoms with van der Waals surface area (Å²) < 4.78 is 0. The molecular formula is CH6O3PZr+. The van der Waals surface area contributed by atoms with Crippen LogP contribution in [0.3, 0.4) is 0 Å². The van der Waals surface area contributed by atoms with Gasteiger partial charge in [-0.15, -0.1) is 0 Å². The van der Waals surface area contributed by atoms with Crippen molar-refractivity contribution < 1.29 is 40.9 Å². The second kappa shape index (κ2) is 3.23. The summed E-state index contributed by atoms with van der Waals surface area (Å²) in [5, 5.41) is 0. The summed E-state index contributed by atoms with van der Waals surface area (Å²) in [5.74, 6) is 0. The van der Waals surface area contributed by atoms with Crippen LogP contribution in [0.15, 0.2) is 0 Å². The van der Waals surface area contributed by atoms with Crippen LogP contribution >= 0.6 is 7.94 Å². The molecule has 0 bridgehead atoms. The smallest absolute Gasteiger partial charge is 0.193 e. The fraction of sp³-hybridized carbons (Fsp3) is 1.00. The first-order valence-corrected chi connectivity index (χ1v) is 3.14. The van der Waals surface area contributed by atoms with E-state index in [0.717, 1.165) is 6.66 Å². The third-order valence-corrected chi connectivity index (χ3v) is 0. The number of hydrogen-bond acceptors (Lipinski definition) is 3. The molecule has 0 fully saturated rings. The van der Waals surface area contributed by atoms with Crippen LogP contribution in [0.2, 0.25) is 0 Å². The summed E-state index contributed by atoms with van der Waals surface area (Å²) in [6.45, 7) is 0.965. The molecule has 0 unspecified atom stereocenters. The molecule has 0 aromatic rings. The fourth-order valence-corrected chi connectivity index (χ4v) is 0. The number of rotatable bonds is 0. The Morgan fingerprint density at radius 1 is 1.17 bits per heavy atom. The monoisotopic (exact) mass is 187 g/mol. The van der Waals surface area contributed by atoms with E-state index in [9.17, 15) is 0 Å². The van der Waals surface area contributed by atoms with Crippen molar-refractivity contribution in [2.75, 3.05) is 6.66 Å². The molecule has 6 heavy (non-hydrogen) atoms. The van der Waals surface area contributed by atoms with E-state index in [0.29, 0.717) is 0 Å². The SMILES string of the molecule is C[P+](O)(O)O.[Zr]. The Morgan fingerprint density at radius 2 is 1.17 bits per heavy atom. The van der Waals surface area contributed by atoms with Crippen molar-refractivity contribution in [1.29, 1.82) is 0 Å². The van der Waals surface area contributed by atoms with Crippen LogP contribution in [0.1, 0.15) is 0 Å². The molecular weight excluding hydrogens is 182 g/mol. The van der Waals surface area contributed by atoms with Gasteiger partial charge in [0.1, 0.15) is 6.66 Å². The van der Waals surface area contributed by atoms with E-state index in [1.807, 2.05) is 0 Å². The molecule has 3 N–H and O–H groups in total. The van der Waals surface area contributed by atoms with Crippen LogP contribution in [0.25, 0.3) is 0 Å². The van der Waals surface area contributed by atoms with Gasteiger partial charge in [-0.2, -0.15) is 14.7 Å². The molecule has 0 aromatic heterocycles. The van der Waals surface area contributed by atoms with Gasteiger partial charge in [-0.3, -0.25) is 0 Å². The molecule has 0 heterocycles. The quantitative estimate of drug-likeness (QED) is 0.443. The van der Waals surface area contributed by atoms with Crippen molar-refractivity contribution in [3.8, 4) is 0 Å². The van der Waals surface area contributed by atoms with Crippen LogP contribution < -0.4 is 0 Å². The Kier molecular flexibility index (Phi) is 5.50. The first-order chi connectivity index (χ1) is 2.00. The third-order valence-electron chi connectivity index (χ3n) is 0. The largest absolute Gasteiger partial charge is 0.400 e. The fourth-order valence-electron chi connectivity index (χ4n) is 0. The van der Waals surface area contributed by atoms with E-state index >= 15 is 0 Å². The molecule has 0 rings (SSSR count). The number of hydrogen-bond donors (Lipinski definition) is 3. The van der Waals surface area contributed by atoms with Crippen LogP contribution in [-0.2, 0) is 26.2 Å². The van der Waals surface area contributed by atoms with E-state index in [-0.39, 0.29) is 26.2 Å². The third kappa shape index (κ3) is 64.1. The van der Waals surface area contributed by atoms with Crippen LogP contribution in [0.5, 0.6) is 0 Å². The topological polar surface area (TPSA) is 60.7 Å². The standard InChI is InChI=1S/CH6O3P.Zr/c1-5(2,3)4;/h2-4H,1H3;/q+1;. The maximum Gasteiger partial charge on any atom is 0.400 e. The molecule has 0 saturated heterocycles. The predicted octanol–water partition coefficient (Wildman–Crippen LogP) is -0.647. The second-order valence-corrected chi connectivity index (χ2v) is 2.60. The van der Waals surface area contributed by atoms with Crippen molar-refractivity contribution >= 4 is 7.94 Å². The minimum atomic E-state index is -3.39. The zero-order chi connectivity index (χ0) is 4.50. The van der Waals surface area contributed by atoms with Crippen molar-refractivity contribution in [1.82, 2.24) is 0 Å². The van der Waals surface area contributed by atoms with E-state index in [4.69, 9.17) is 14.7 Å². The molecule has 36 valence electrons. The molecule has 0 atom stereocenters. The summed E-state index contributed by atoms with van der Waals surface area (Å²) >= 11 is 0. The molecule has 0 aliphatic rings. The van der Waals surface area contributed by atoms with Gasteiger partial charge in [-0.25, -0.2) is 0 Å². The van der Waals surface area contributed by atoms with Gasteiger partial charge >= 0.3 is 7.94 Å². The maximum absolute atomic E-state index is 7.74. The predicted molar refractivity (Wildman–Crippen MR) is 19.5 cm³/mol. The minimum absolute atomic E-state index is 0. The summed E-state index contributed by atoms with van der Waals surface area (Å²) in [4.78, 5) is 23.2. The Morgan fingerprint density at radius 3 is 1.17 bits per heavy atom. The van der Waals surface area contributed by atoms with Gasteiger partial charge in [0.25, 0.3) is 0 Å². The van der Waals surface area contributed by atoms with E-state index in [1.54, 1.807) is 0 Å².